The van der Waals surface area contributed by atoms with Crippen LogP contribution in [0.3, 0.4) is 0 Å². The molecule has 0 heterocycles. The molecule has 4 nitrogen and oxygen atoms in total. The number of hydrogen-bond donors (Lipinski definition) is 2. The van der Waals surface area contributed by atoms with Crippen LogP contribution in [0.1, 0.15) is 50.2 Å². The number of hydrogen-bond acceptors (Lipinski definition) is 2. The molecule has 0 bridgehead atoms. The van der Waals surface area contributed by atoms with Crippen LogP contribution in [0.5, 0.6) is 0 Å². The van der Waals surface area contributed by atoms with Gasteiger partial charge < -0.3 is 15.3 Å². The van der Waals surface area contributed by atoms with Gasteiger partial charge in [0.2, 0.25) is 0 Å². The maximum absolute atomic E-state index is 12.5. The van der Waals surface area contributed by atoms with Crippen molar-refractivity contribution in [2.75, 3.05) is 7.05 Å². The van der Waals surface area contributed by atoms with E-state index in [0.29, 0.717) is 0 Å². The summed E-state index contributed by atoms with van der Waals surface area (Å²) in [5, 5.41) is 12.7. The third-order valence-electron chi connectivity index (χ3n) is 4.96. The molecule has 128 valence electrons. The second kappa shape index (κ2) is 8.34. The standard InChI is InChI=1S/C19H30N2O2/c1-4-17(13-15-7-5-14(2)6-8-15)21(3)19(23)20-16-9-11-18(22)12-10-16/h5-8,16-18,22H,4,9-13H2,1-3H3,(H,20,23). The van der Waals surface area contributed by atoms with E-state index in [-0.39, 0.29) is 24.2 Å². The van der Waals surface area contributed by atoms with Crippen LogP contribution >= 0.6 is 0 Å². The largest absolute Gasteiger partial charge is 0.393 e. The molecule has 1 aliphatic rings. The van der Waals surface area contributed by atoms with Gasteiger partial charge >= 0.3 is 6.03 Å². The van der Waals surface area contributed by atoms with E-state index in [1.165, 1.54) is 11.1 Å². The van der Waals surface area contributed by atoms with Crippen LogP contribution in [0.2, 0.25) is 0 Å². The van der Waals surface area contributed by atoms with Gasteiger partial charge in [-0.15, -0.1) is 0 Å². The van der Waals surface area contributed by atoms with E-state index in [9.17, 15) is 9.90 Å². The van der Waals surface area contributed by atoms with Crippen molar-refractivity contribution in [1.82, 2.24) is 10.2 Å². The van der Waals surface area contributed by atoms with Gasteiger partial charge in [0, 0.05) is 19.1 Å². The summed E-state index contributed by atoms with van der Waals surface area (Å²) >= 11 is 0. The third-order valence-corrected chi connectivity index (χ3v) is 4.96. The molecule has 1 atom stereocenters. The SMILES string of the molecule is CCC(Cc1ccc(C)cc1)N(C)C(=O)NC1CCC(O)CC1. The fourth-order valence-corrected chi connectivity index (χ4v) is 3.21. The molecule has 2 amide bonds. The number of aliphatic hydroxyl groups excluding tert-OH is 1. The van der Waals surface area contributed by atoms with Crippen LogP contribution in [0.15, 0.2) is 24.3 Å². The molecule has 1 saturated carbocycles. The average Bonchev–Trinajstić information content (AvgIpc) is 2.55. The molecule has 0 spiro atoms. The number of aliphatic hydroxyl groups is 1. The molecule has 1 aromatic rings. The van der Waals surface area contributed by atoms with E-state index in [1.807, 2.05) is 11.9 Å². The van der Waals surface area contributed by atoms with Gasteiger partial charge in [0.1, 0.15) is 0 Å². The monoisotopic (exact) mass is 318 g/mol. The zero-order valence-corrected chi connectivity index (χ0v) is 14.6. The van der Waals surface area contributed by atoms with Crippen LogP contribution in [0.4, 0.5) is 4.79 Å². The lowest BCUT2D eigenvalue weighted by atomic mass is 9.93. The summed E-state index contributed by atoms with van der Waals surface area (Å²) in [4.78, 5) is 14.3. The van der Waals surface area contributed by atoms with Gasteiger partial charge in [0.05, 0.1) is 6.10 Å². The Morgan fingerprint density at radius 1 is 1.26 bits per heavy atom. The van der Waals surface area contributed by atoms with Gasteiger partial charge in [-0.1, -0.05) is 36.8 Å². The number of carbonyl (C=O) groups is 1. The number of nitrogens with one attached hydrogen (secondary N) is 1. The first-order valence-corrected chi connectivity index (χ1v) is 8.76. The Bertz CT molecular complexity index is 493. The van der Waals surface area contributed by atoms with E-state index in [4.69, 9.17) is 0 Å². The molecule has 1 fully saturated rings. The summed E-state index contributed by atoms with van der Waals surface area (Å²) in [5.41, 5.74) is 2.52. The highest BCUT2D eigenvalue weighted by Crippen LogP contribution is 2.19. The summed E-state index contributed by atoms with van der Waals surface area (Å²) in [6.07, 6.45) is 4.94. The summed E-state index contributed by atoms with van der Waals surface area (Å²) in [5.74, 6) is 0. The van der Waals surface area contributed by atoms with Crippen molar-refractivity contribution < 1.29 is 9.90 Å². The van der Waals surface area contributed by atoms with Crippen molar-refractivity contribution >= 4 is 6.03 Å². The van der Waals surface area contributed by atoms with Gasteiger partial charge in [-0.05, 0) is 51.0 Å². The van der Waals surface area contributed by atoms with Crippen LogP contribution < -0.4 is 5.32 Å². The lowest BCUT2D eigenvalue weighted by Gasteiger charge is -2.32. The van der Waals surface area contributed by atoms with E-state index in [0.717, 1.165) is 38.5 Å². The molecule has 4 heteroatoms. The summed E-state index contributed by atoms with van der Waals surface area (Å²) in [6, 6.07) is 8.94. The highest BCUT2D eigenvalue weighted by Gasteiger charge is 2.24. The van der Waals surface area contributed by atoms with Crippen molar-refractivity contribution in [1.29, 1.82) is 0 Å². The molecule has 0 saturated heterocycles. The maximum atomic E-state index is 12.5. The molecule has 2 N–H and O–H groups in total. The predicted molar refractivity (Wildman–Crippen MR) is 93.5 cm³/mol. The van der Waals surface area contributed by atoms with Crippen molar-refractivity contribution in [3.8, 4) is 0 Å². The number of urea groups is 1. The minimum absolute atomic E-state index is 0.00496. The van der Waals surface area contributed by atoms with Gasteiger partial charge in [0.15, 0.2) is 0 Å². The van der Waals surface area contributed by atoms with E-state index >= 15 is 0 Å². The highest BCUT2D eigenvalue weighted by molar-refractivity contribution is 5.74. The number of rotatable bonds is 5. The number of amides is 2. The van der Waals surface area contributed by atoms with E-state index in [2.05, 4.69) is 43.4 Å². The second-order valence-corrected chi connectivity index (χ2v) is 6.82. The Hall–Kier alpha value is -1.55. The van der Waals surface area contributed by atoms with Crippen LogP contribution in [0.25, 0.3) is 0 Å². The van der Waals surface area contributed by atoms with Crippen molar-refractivity contribution in [3.63, 3.8) is 0 Å². The molecular formula is C19H30N2O2. The molecule has 0 aromatic heterocycles. The van der Waals surface area contributed by atoms with Crippen molar-refractivity contribution in [2.24, 2.45) is 0 Å². The zero-order chi connectivity index (χ0) is 16.8. The third kappa shape index (κ3) is 5.24. The molecule has 1 aromatic carbocycles. The van der Waals surface area contributed by atoms with Gasteiger partial charge in [-0.3, -0.25) is 0 Å². The number of likely N-dealkylation sites (N-methyl/N-ethyl adjacent to an activating group) is 1. The Balaban J connectivity index is 1.89. The summed E-state index contributed by atoms with van der Waals surface area (Å²) < 4.78 is 0. The first-order valence-electron chi connectivity index (χ1n) is 8.76. The minimum atomic E-state index is -0.189. The quantitative estimate of drug-likeness (QED) is 0.875. The van der Waals surface area contributed by atoms with Crippen LogP contribution in [0, 0.1) is 6.92 Å². The minimum Gasteiger partial charge on any atom is -0.393 e. The fourth-order valence-electron chi connectivity index (χ4n) is 3.21. The van der Waals surface area contributed by atoms with Gasteiger partial charge in [0.25, 0.3) is 0 Å². The lowest BCUT2D eigenvalue weighted by molar-refractivity contribution is 0.114. The van der Waals surface area contributed by atoms with Crippen LogP contribution in [-0.2, 0) is 6.42 Å². The van der Waals surface area contributed by atoms with Gasteiger partial charge in [-0.25, -0.2) is 4.79 Å². The number of aryl methyl sites for hydroxylation is 1. The fraction of sp³-hybridized carbons (Fsp3) is 0.632. The Morgan fingerprint density at radius 2 is 1.87 bits per heavy atom. The average molecular weight is 318 g/mol. The summed E-state index contributed by atoms with van der Waals surface area (Å²) in [7, 11) is 1.88. The normalized spacial score (nSPS) is 22.4. The first kappa shape index (κ1) is 17.8. The maximum Gasteiger partial charge on any atom is 0.317 e. The molecule has 0 radical (unpaired) electrons. The molecule has 1 aliphatic carbocycles. The Labute approximate surface area is 139 Å². The molecule has 23 heavy (non-hydrogen) atoms. The zero-order valence-electron chi connectivity index (χ0n) is 14.6. The number of benzene rings is 1. The molecule has 0 aliphatic heterocycles. The molecule has 2 rings (SSSR count). The second-order valence-electron chi connectivity index (χ2n) is 6.82. The van der Waals surface area contributed by atoms with Crippen molar-refractivity contribution in [2.45, 2.75) is 70.6 Å². The van der Waals surface area contributed by atoms with Crippen LogP contribution in [-0.4, -0.2) is 41.3 Å². The molecule has 1 unspecified atom stereocenters. The number of carbonyl (C=O) groups excluding carboxylic acids is 1. The summed E-state index contributed by atoms with van der Waals surface area (Å²) in [6.45, 7) is 4.21. The van der Waals surface area contributed by atoms with E-state index in [1.54, 1.807) is 0 Å². The van der Waals surface area contributed by atoms with E-state index < -0.39 is 0 Å². The first-order chi connectivity index (χ1) is 11.0. The smallest absolute Gasteiger partial charge is 0.317 e. The Kier molecular flexibility index (Phi) is 6.46. The van der Waals surface area contributed by atoms with Crippen molar-refractivity contribution in [3.05, 3.63) is 35.4 Å². The Morgan fingerprint density at radius 3 is 2.43 bits per heavy atom. The topological polar surface area (TPSA) is 52.6 Å². The number of nitrogens with zero attached hydrogens (tertiary/aromatic N) is 1. The lowest BCUT2D eigenvalue weighted by Crippen LogP contribution is -2.48. The predicted octanol–water partition coefficient (Wildman–Crippen LogP) is 3.26. The highest BCUT2D eigenvalue weighted by atomic mass is 16.3. The molecular weight excluding hydrogens is 288 g/mol. The van der Waals surface area contributed by atoms with Gasteiger partial charge in [-0.2, -0.15) is 0 Å².